The maximum absolute atomic E-state index is 10.8. The minimum Gasteiger partial charge on any atom is -0.384 e. The Labute approximate surface area is 70.5 Å². The molecule has 0 amide bonds. The average Bonchev–Trinajstić information content (AvgIpc) is 2.48. The van der Waals surface area contributed by atoms with E-state index in [1.807, 2.05) is 0 Å². The number of hydrogen-bond donors (Lipinski definition) is 0. The van der Waals surface area contributed by atoms with Gasteiger partial charge in [-0.15, -0.1) is 0 Å². The molecular weight excluding hydrogens is 158 g/mol. The molecule has 0 N–H and O–H groups in total. The third-order valence-electron chi connectivity index (χ3n) is 1.47. The first-order valence-electron chi connectivity index (χ1n) is 3.69. The predicted octanol–water partition coefficient (Wildman–Crippen LogP) is 1.07. The van der Waals surface area contributed by atoms with Crippen molar-refractivity contribution in [2.75, 3.05) is 13.7 Å². The molecule has 1 aromatic rings. The summed E-state index contributed by atoms with van der Waals surface area (Å²) in [5.74, 6) is 0.601. The summed E-state index contributed by atoms with van der Waals surface area (Å²) in [5.41, 5.74) is 0.376. The van der Waals surface area contributed by atoms with Crippen LogP contribution in [-0.4, -0.2) is 24.7 Å². The summed E-state index contributed by atoms with van der Waals surface area (Å²) in [6.45, 7) is 2.03. The molecular formula is C8H11NO3. The molecule has 66 valence electrons. The zero-order valence-corrected chi connectivity index (χ0v) is 7.16. The van der Waals surface area contributed by atoms with Crippen molar-refractivity contribution in [2.45, 2.75) is 13.3 Å². The molecule has 0 aliphatic rings. The number of methoxy groups -OCH3 is 1. The Morgan fingerprint density at radius 3 is 3.00 bits per heavy atom. The number of nitrogens with zero attached hydrogens (tertiary/aromatic N) is 1. The smallest absolute Gasteiger partial charge is 0.181 e. The van der Waals surface area contributed by atoms with Gasteiger partial charge in [0.2, 0.25) is 0 Å². The molecule has 0 unspecified atom stereocenters. The zero-order valence-electron chi connectivity index (χ0n) is 7.16. The van der Waals surface area contributed by atoms with Crippen molar-refractivity contribution in [3.63, 3.8) is 0 Å². The summed E-state index contributed by atoms with van der Waals surface area (Å²) in [7, 11) is 1.61. The van der Waals surface area contributed by atoms with Crippen LogP contribution in [0.25, 0.3) is 0 Å². The molecule has 0 radical (unpaired) electrons. The molecule has 0 bridgehead atoms. The predicted molar refractivity (Wildman–Crippen MR) is 42.1 cm³/mol. The molecule has 0 spiro atoms. The summed E-state index contributed by atoms with van der Waals surface area (Å²) in [5, 5.41) is 3.59. The van der Waals surface area contributed by atoms with E-state index >= 15 is 0 Å². The monoisotopic (exact) mass is 169 g/mol. The average molecular weight is 169 g/mol. The van der Waals surface area contributed by atoms with E-state index in [1.54, 1.807) is 13.2 Å². The number of ketones is 1. The van der Waals surface area contributed by atoms with Gasteiger partial charge in [-0.2, -0.15) is 0 Å². The van der Waals surface area contributed by atoms with Crippen LogP contribution < -0.4 is 0 Å². The van der Waals surface area contributed by atoms with Crippen molar-refractivity contribution in [1.29, 1.82) is 0 Å². The van der Waals surface area contributed by atoms with E-state index in [1.165, 1.54) is 6.92 Å². The first kappa shape index (κ1) is 8.93. The second kappa shape index (κ2) is 4.01. The first-order chi connectivity index (χ1) is 5.74. The van der Waals surface area contributed by atoms with Gasteiger partial charge in [0.05, 0.1) is 6.61 Å². The van der Waals surface area contributed by atoms with Crippen molar-refractivity contribution in [1.82, 2.24) is 5.16 Å². The molecule has 4 nitrogen and oxygen atoms in total. The van der Waals surface area contributed by atoms with Crippen molar-refractivity contribution in [3.05, 3.63) is 17.5 Å². The summed E-state index contributed by atoms with van der Waals surface area (Å²) >= 11 is 0. The van der Waals surface area contributed by atoms with Crippen LogP contribution in [0.1, 0.15) is 23.2 Å². The largest absolute Gasteiger partial charge is 0.384 e. The number of rotatable bonds is 4. The highest BCUT2D eigenvalue weighted by atomic mass is 16.5. The van der Waals surface area contributed by atoms with Crippen molar-refractivity contribution >= 4 is 5.78 Å². The third kappa shape index (κ3) is 2.17. The fourth-order valence-corrected chi connectivity index (χ4v) is 0.799. The van der Waals surface area contributed by atoms with Gasteiger partial charge in [0.15, 0.2) is 5.78 Å². The number of ether oxygens (including phenoxy) is 1. The van der Waals surface area contributed by atoms with Crippen LogP contribution in [0.5, 0.6) is 0 Å². The molecule has 0 fully saturated rings. The normalized spacial score (nSPS) is 10.2. The maximum Gasteiger partial charge on any atom is 0.181 e. The highest BCUT2D eigenvalue weighted by Crippen LogP contribution is 2.04. The molecule has 0 aliphatic carbocycles. The van der Waals surface area contributed by atoms with Crippen LogP contribution >= 0.6 is 0 Å². The lowest BCUT2D eigenvalue weighted by Crippen LogP contribution is -1.92. The molecule has 12 heavy (non-hydrogen) atoms. The topological polar surface area (TPSA) is 52.3 Å². The van der Waals surface area contributed by atoms with Crippen LogP contribution in [0, 0.1) is 0 Å². The third-order valence-corrected chi connectivity index (χ3v) is 1.47. The van der Waals surface area contributed by atoms with Gasteiger partial charge in [-0.25, -0.2) is 0 Å². The molecule has 0 saturated carbocycles. The van der Waals surface area contributed by atoms with Gasteiger partial charge in [-0.1, -0.05) is 5.16 Å². The summed E-state index contributed by atoms with van der Waals surface area (Å²) < 4.78 is 9.72. The molecule has 4 heteroatoms. The van der Waals surface area contributed by atoms with E-state index in [2.05, 4.69) is 5.16 Å². The van der Waals surface area contributed by atoms with Gasteiger partial charge in [0.25, 0.3) is 0 Å². The van der Waals surface area contributed by atoms with E-state index in [9.17, 15) is 4.79 Å². The van der Waals surface area contributed by atoms with E-state index < -0.39 is 0 Å². The lowest BCUT2D eigenvalue weighted by molar-refractivity contribution is 0.100. The lowest BCUT2D eigenvalue weighted by Gasteiger charge is -1.90. The molecule has 1 rings (SSSR count). The Bertz CT molecular complexity index is 267. The van der Waals surface area contributed by atoms with Crippen molar-refractivity contribution in [3.8, 4) is 0 Å². The minimum atomic E-state index is -0.0811. The van der Waals surface area contributed by atoms with Crippen LogP contribution in [0.3, 0.4) is 0 Å². The number of carbonyl (C=O) groups is 1. The molecule has 1 aromatic heterocycles. The Morgan fingerprint density at radius 2 is 2.50 bits per heavy atom. The van der Waals surface area contributed by atoms with Gasteiger partial charge in [0, 0.05) is 26.5 Å². The summed E-state index contributed by atoms with van der Waals surface area (Å²) in [6.07, 6.45) is 0.650. The maximum atomic E-state index is 10.8. The Morgan fingerprint density at radius 1 is 1.75 bits per heavy atom. The van der Waals surface area contributed by atoms with Crippen LogP contribution in [0.15, 0.2) is 10.6 Å². The highest BCUT2D eigenvalue weighted by molar-refractivity contribution is 5.91. The van der Waals surface area contributed by atoms with Gasteiger partial charge in [-0.05, 0) is 0 Å². The van der Waals surface area contributed by atoms with Crippen molar-refractivity contribution in [2.24, 2.45) is 0 Å². The Hall–Kier alpha value is -1.16. The quantitative estimate of drug-likeness (QED) is 0.632. The van der Waals surface area contributed by atoms with Crippen molar-refractivity contribution < 1.29 is 14.1 Å². The van der Waals surface area contributed by atoms with E-state index in [-0.39, 0.29) is 5.78 Å². The van der Waals surface area contributed by atoms with Crippen LogP contribution in [-0.2, 0) is 11.2 Å². The minimum absolute atomic E-state index is 0.0811. The summed E-state index contributed by atoms with van der Waals surface area (Å²) in [4.78, 5) is 10.8. The second-order valence-corrected chi connectivity index (χ2v) is 2.48. The number of aromatic nitrogens is 1. The standard InChI is InChI=1S/C8H11NO3/c1-6(10)8-5-7(12-9-8)3-4-11-2/h5H,3-4H2,1-2H3. The number of carbonyl (C=O) groups excluding carboxylic acids is 1. The molecule has 1 heterocycles. The fraction of sp³-hybridized carbons (Fsp3) is 0.500. The second-order valence-electron chi connectivity index (χ2n) is 2.48. The zero-order chi connectivity index (χ0) is 8.97. The van der Waals surface area contributed by atoms with E-state index in [0.29, 0.717) is 24.5 Å². The highest BCUT2D eigenvalue weighted by Gasteiger charge is 2.06. The lowest BCUT2D eigenvalue weighted by atomic mass is 10.2. The van der Waals surface area contributed by atoms with Gasteiger partial charge in [0.1, 0.15) is 11.5 Å². The number of hydrogen-bond acceptors (Lipinski definition) is 4. The van der Waals surface area contributed by atoms with Crippen LogP contribution in [0.2, 0.25) is 0 Å². The first-order valence-corrected chi connectivity index (χ1v) is 3.69. The van der Waals surface area contributed by atoms with Gasteiger partial charge >= 0.3 is 0 Å². The Kier molecular flexibility index (Phi) is 2.99. The fourth-order valence-electron chi connectivity index (χ4n) is 0.799. The van der Waals surface area contributed by atoms with E-state index in [0.717, 1.165) is 0 Å². The van der Waals surface area contributed by atoms with Gasteiger partial charge in [-0.3, -0.25) is 4.79 Å². The molecule has 0 saturated heterocycles. The van der Waals surface area contributed by atoms with E-state index in [4.69, 9.17) is 9.26 Å². The molecule has 0 atom stereocenters. The molecule has 0 aromatic carbocycles. The van der Waals surface area contributed by atoms with Crippen LogP contribution in [0.4, 0.5) is 0 Å². The SMILES string of the molecule is COCCc1cc(C(C)=O)no1. The number of Topliss-reactive ketones (excluding diaryl/α,β-unsaturated/α-hetero) is 1. The molecule has 0 aliphatic heterocycles. The Balaban J connectivity index is 2.58. The summed E-state index contributed by atoms with van der Waals surface area (Å²) in [6, 6.07) is 1.64. The van der Waals surface area contributed by atoms with Gasteiger partial charge < -0.3 is 9.26 Å².